The normalized spacial score (nSPS) is 9.00. The van der Waals surface area contributed by atoms with Crippen molar-refractivity contribution in [3.8, 4) is 0 Å². The molecule has 0 aliphatic rings. The van der Waals surface area contributed by atoms with Gasteiger partial charge in [0, 0.05) is 40.4 Å². The van der Waals surface area contributed by atoms with Crippen LogP contribution in [0.2, 0.25) is 0 Å². The molecule has 0 atom stereocenters. The molecule has 0 aromatic heterocycles. The zero-order chi connectivity index (χ0) is 11.6. The summed E-state index contributed by atoms with van der Waals surface area (Å²) in [7, 11) is 0. The molecule has 16 heavy (non-hydrogen) atoms. The van der Waals surface area contributed by atoms with Gasteiger partial charge in [0.1, 0.15) is 0 Å². The topological polar surface area (TPSA) is 112 Å². The Morgan fingerprint density at radius 2 is 1.19 bits per heavy atom. The van der Waals surface area contributed by atoms with Gasteiger partial charge in [-0.05, 0) is 12.1 Å². The van der Waals surface area contributed by atoms with Gasteiger partial charge in [-0.1, -0.05) is 6.07 Å². The van der Waals surface area contributed by atoms with E-state index >= 15 is 0 Å². The summed E-state index contributed by atoms with van der Waals surface area (Å²) in [5, 5.41) is 26.0. The first kappa shape index (κ1) is 15.0. The molecule has 1 aromatic rings. The monoisotopic (exact) mass is 362 g/mol. The summed E-state index contributed by atoms with van der Waals surface area (Å²) in [6, 6.07) is 3.26. The Hall–Kier alpha value is -1.03. The Labute approximate surface area is 122 Å². The van der Waals surface area contributed by atoms with Crippen molar-refractivity contribution in [3.05, 3.63) is 34.9 Å². The molecule has 0 spiro atoms. The van der Waals surface area contributed by atoms with Gasteiger partial charge >= 0.3 is 17.9 Å². The van der Waals surface area contributed by atoms with Gasteiger partial charge in [-0.25, -0.2) is 14.4 Å². The zero-order valence-corrected chi connectivity index (χ0v) is 10.3. The fourth-order valence-electron chi connectivity index (χ4n) is 1.14. The minimum absolute atomic E-state index is 0. The third-order valence-corrected chi connectivity index (χ3v) is 1.74. The molecule has 1 aromatic carbocycles. The number of hydrogen-bond acceptors (Lipinski definition) is 3. The molecule has 0 unspecified atom stereocenters. The minimum atomic E-state index is -1.58. The largest absolute Gasteiger partial charge is 0.478 e. The van der Waals surface area contributed by atoms with Crippen molar-refractivity contribution in [2.45, 2.75) is 0 Å². The first-order valence-electron chi connectivity index (χ1n) is 3.78. The molecule has 7 heteroatoms. The molecular formula is C9H6O6Sm. The Morgan fingerprint density at radius 3 is 1.44 bits per heavy atom. The summed E-state index contributed by atoms with van der Waals surface area (Å²) in [5.74, 6) is -4.53. The van der Waals surface area contributed by atoms with Crippen LogP contribution in [0.25, 0.3) is 0 Å². The van der Waals surface area contributed by atoms with E-state index in [1.165, 1.54) is 6.07 Å². The number of benzene rings is 1. The van der Waals surface area contributed by atoms with Crippen LogP contribution in [0, 0.1) is 40.4 Å². The minimum Gasteiger partial charge on any atom is -0.478 e. The van der Waals surface area contributed by atoms with Crippen molar-refractivity contribution in [2.75, 3.05) is 0 Å². The fraction of sp³-hybridized carbons (Fsp3) is 0. The molecule has 0 bridgehead atoms. The summed E-state index contributed by atoms with van der Waals surface area (Å²) in [6.45, 7) is 0. The van der Waals surface area contributed by atoms with Crippen LogP contribution >= 0.6 is 0 Å². The molecule has 0 saturated heterocycles. The van der Waals surface area contributed by atoms with Crippen LogP contribution in [0.3, 0.4) is 0 Å². The number of carboxylic acids is 3. The summed E-state index contributed by atoms with van der Waals surface area (Å²) in [5.41, 5.74) is -1.79. The van der Waals surface area contributed by atoms with Crippen molar-refractivity contribution in [1.29, 1.82) is 0 Å². The zero-order valence-electron chi connectivity index (χ0n) is 7.71. The average molecular weight is 361 g/mol. The number of carbonyl (C=O) groups is 3. The molecule has 6 nitrogen and oxygen atoms in total. The van der Waals surface area contributed by atoms with E-state index in [2.05, 4.69) is 0 Å². The SMILES string of the molecule is O=C(O)c1cccc(C(=O)O)c1C(=O)O.[Sm]. The number of hydrogen-bond donors (Lipinski definition) is 3. The first-order chi connectivity index (χ1) is 6.95. The molecule has 84 valence electrons. The summed E-state index contributed by atoms with van der Waals surface area (Å²) >= 11 is 0. The second-order valence-corrected chi connectivity index (χ2v) is 2.64. The van der Waals surface area contributed by atoms with E-state index < -0.39 is 34.6 Å². The van der Waals surface area contributed by atoms with Gasteiger partial charge in [-0.2, -0.15) is 0 Å². The van der Waals surface area contributed by atoms with E-state index in [9.17, 15) is 14.4 Å². The number of carboxylic acid groups (broad SMARTS) is 3. The molecule has 0 fully saturated rings. The maximum absolute atomic E-state index is 10.7. The third kappa shape index (κ3) is 2.98. The molecular weight excluding hydrogens is 354 g/mol. The molecule has 1 rings (SSSR count). The summed E-state index contributed by atoms with van der Waals surface area (Å²) in [6.07, 6.45) is 0. The Morgan fingerprint density at radius 1 is 0.812 bits per heavy atom. The maximum Gasteiger partial charge on any atom is 0.337 e. The quantitative estimate of drug-likeness (QED) is 0.734. The third-order valence-electron chi connectivity index (χ3n) is 1.74. The Balaban J connectivity index is 0.00000225. The molecule has 0 radical (unpaired) electrons. The maximum atomic E-state index is 10.7. The van der Waals surface area contributed by atoms with Crippen LogP contribution in [0.1, 0.15) is 31.1 Å². The van der Waals surface area contributed by atoms with Gasteiger partial charge in [-0.15, -0.1) is 0 Å². The van der Waals surface area contributed by atoms with Crippen LogP contribution in [-0.2, 0) is 0 Å². The fourth-order valence-corrected chi connectivity index (χ4v) is 1.14. The van der Waals surface area contributed by atoms with Crippen molar-refractivity contribution >= 4 is 17.9 Å². The Bertz CT molecular complexity index is 421. The van der Waals surface area contributed by atoms with Crippen LogP contribution in [0.15, 0.2) is 18.2 Å². The summed E-state index contributed by atoms with van der Waals surface area (Å²) in [4.78, 5) is 32.0. The smallest absolute Gasteiger partial charge is 0.337 e. The van der Waals surface area contributed by atoms with Crippen LogP contribution in [-0.4, -0.2) is 33.2 Å². The van der Waals surface area contributed by atoms with E-state index in [0.29, 0.717) is 0 Å². The van der Waals surface area contributed by atoms with Crippen LogP contribution in [0.4, 0.5) is 0 Å². The molecule has 0 saturated carbocycles. The molecule has 0 heterocycles. The summed E-state index contributed by atoms with van der Waals surface area (Å²) < 4.78 is 0. The van der Waals surface area contributed by atoms with Gasteiger partial charge in [-0.3, -0.25) is 0 Å². The average Bonchev–Trinajstić information content (AvgIpc) is 2.16. The predicted octanol–water partition coefficient (Wildman–Crippen LogP) is 0.781. The van der Waals surface area contributed by atoms with Crippen molar-refractivity contribution in [1.82, 2.24) is 0 Å². The van der Waals surface area contributed by atoms with Crippen molar-refractivity contribution in [2.24, 2.45) is 0 Å². The van der Waals surface area contributed by atoms with Crippen molar-refractivity contribution in [3.63, 3.8) is 0 Å². The van der Waals surface area contributed by atoms with Gasteiger partial charge in [0.05, 0.1) is 16.7 Å². The predicted molar refractivity (Wildman–Crippen MR) is 47.3 cm³/mol. The van der Waals surface area contributed by atoms with Crippen molar-refractivity contribution < 1.29 is 70.1 Å². The van der Waals surface area contributed by atoms with E-state index in [0.717, 1.165) is 12.1 Å². The second kappa shape index (κ2) is 5.89. The molecule has 0 aliphatic carbocycles. The van der Waals surface area contributed by atoms with Gasteiger partial charge in [0.2, 0.25) is 0 Å². The van der Waals surface area contributed by atoms with Gasteiger partial charge < -0.3 is 15.3 Å². The molecule has 0 aliphatic heterocycles. The van der Waals surface area contributed by atoms with Gasteiger partial charge in [0.15, 0.2) is 0 Å². The standard InChI is InChI=1S/C9H6O6.Sm/c10-7(11)4-2-1-3-5(8(12)13)6(4)9(14)15;/h1-3H,(H,10,11)(H,12,13)(H,14,15);. The van der Waals surface area contributed by atoms with E-state index in [4.69, 9.17) is 15.3 Å². The molecule has 0 amide bonds. The van der Waals surface area contributed by atoms with Crippen LogP contribution in [0.5, 0.6) is 0 Å². The Kier molecular flexibility index (Phi) is 5.51. The van der Waals surface area contributed by atoms with Gasteiger partial charge in [0.25, 0.3) is 0 Å². The van der Waals surface area contributed by atoms with E-state index in [1.54, 1.807) is 0 Å². The number of aromatic carboxylic acids is 3. The molecule has 3 N–H and O–H groups in total. The first-order valence-corrected chi connectivity index (χ1v) is 3.78. The van der Waals surface area contributed by atoms with Crippen LogP contribution < -0.4 is 0 Å². The number of rotatable bonds is 3. The van der Waals surface area contributed by atoms with E-state index in [-0.39, 0.29) is 40.4 Å². The second-order valence-electron chi connectivity index (χ2n) is 2.64. The van der Waals surface area contributed by atoms with E-state index in [1.807, 2.05) is 0 Å².